The number of benzene rings is 2. The molecule has 1 fully saturated rings. The molecule has 0 aliphatic carbocycles. The number of hydrogen-bond acceptors (Lipinski definition) is 4. The first kappa shape index (κ1) is 24.7. The third-order valence-electron chi connectivity index (χ3n) is 5.54. The van der Waals surface area contributed by atoms with Gasteiger partial charge in [0.15, 0.2) is 0 Å². The van der Waals surface area contributed by atoms with Crippen LogP contribution in [-0.4, -0.2) is 72.8 Å². The number of nitrogens with one attached hydrogen (secondary N) is 1. The van der Waals surface area contributed by atoms with E-state index in [1.165, 1.54) is 34.2 Å². The number of amides is 2. The maximum atomic E-state index is 13.1. The number of para-hydroxylation sites is 1. The number of carbonyl (C=O) groups is 2. The summed E-state index contributed by atoms with van der Waals surface area (Å²) in [6.45, 7) is 5.45. The zero-order valence-corrected chi connectivity index (χ0v) is 18.9. The lowest BCUT2D eigenvalue weighted by atomic mass is 10.1. The average molecular weight is 463 g/mol. The van der Waals surface area contributed by atoms with Gasteiger partial charge in [-0.15, -0.1) is 0 Å². The quantitative estimate of drug-likeness (QED) is 0.687. The summed E-state index contributed by atoms with van der Waals surface area (Å²) < 4.78 is 39.3. The summed E-state index contributed by atoms with van der Waals surface area (Å²) in [5.74, 6) is -0.707. The fourth-order valence-electron chi connectivity index (χ4n) is 3.89. The van der Waals surface area contributed by atoms with E-state index in [1.807, 2.05) is 6.07 Å². The molecule has 2 aromatic carbocycles. The second kappa shape index (κ2) is 10.8. The third kappa shape index (κ3) is 7.30. The van der Waals surface area contributed by atoms with Crippen molar-refractivity contribution in [2.24, 2.45) is 0 Å². The molecule has 178 valence electrons. The molecule has 0 aromatic heterocycles. The Balaban J connectivity index is 1.44. The summed E-state index contributed by atoms with van der Waals surface area (Å²) in [7, 11) is 1.60. The number of hydrogen-bond donors (Lipinski definition) is 1. The summed E-state index contributed by atoms with van der Waals surface area (Å²) in [4.78, 5) is 30.4. The molecule has 0 spiro atoms. The number of anilines is 1. The molecule has 2 amide bonds. The van der Waals surface area contributed by atoms with Crippen LogP contribution in [0.5, 0.6) is 0 Å². The Morgan fingerprint density at radius 1 is 1.00 bits per heavy atom. The van der Waals surface area contributed by atoms with E-state index in [-0.39, 0.29) is 24.7 Å². The molecule has 1 aliphatic heterocycles. The SMILES string of the molecule is Cc1cccc(CN2CCN(C(=O)CN(C)CC(=O)Nc3ccccc3C(F)(F)F)CC2)c1. The molecule has 0 unspecified atom stereocenters. The van der Waals surface area contributed by atoms with Crippen LogP contribution in [0.1, 0.15) is 16.7 Å². The van der Waals surface area contributed by atoms with Gasteiger partial charge in [-0.1, -0.05) is 42.0 Å². The number of likely N-dealkylation sites (N-methyl/N-ethyl adjacent to an activating group) is 1. The monoisotopic (exact) mass is 462 g/mol. The van der Waals surface area contributed by atoms with Gasteiger partial charge in [0.25, 0.3) is 0 Å². The maximum absolute atomic E-state index is 13.1. The number of nitrogens with zero attached hydrogens (tertiary/aromatic N) is 3. The minimum atomic E-state index is -4.56. The minimum absolute atomic E-state index is 0.0201. The highest BCUT2D eigenvalue weighted by atomic mass is 19.4. The van der Waals surface area contributed by atoms with E-state index in [2.05, 4.69) is 35.3 Å². The zero-order valence-electron chi connectivity index (χ0n) is 18.9. The maximum Gasteiger partial charge on any atom is 0.418 e. The first-order valence-corrected chi connectivity index (χ1v) is 10.8. The molecule has 33 heavy (non-hydrogen) atoms. The van der Waals surface area contributed by atoms with Gasteiger partial charge >= 0.3 is 6.18 Å². The molecule has 1 heterocycles. The molecule has 0 bridgehead atoms. The first-order valence-electron chi connectivity index (χ1n) is 10.8. The standard InChI is InChI=1S/C24H29F3N4O2/c1-18-6-5-7-19(14-18)15-30-10-12-31(13-11-30)23(33)17-29(2)16-22(32)28-21-9-4-3-8-20(21)24(25,26)27/h3-9,14H,10-13,15-17H2,1-2H3,(H,28,32). The Hall–Kier alpha value is -2.91. The molecule has 2 aromatic rings. The number of rotatable bonds is 7. The topological polar surface area (TPSA) is 55.9 Å². The summed E-state index contributed by atoms with van der Waals surface area (Å²) >= 11 is 0. The molecule has 0 radical (unpaired) electrons. The van der Waals surface area contributed by atoms with Gasteiger partial charge in [0.2, 0.25) is 11.8 Å². The van der Waals surface area contributed by atoms with Crippen molar-refractivity contribution in [3.8, 4) is 0 Å². The Labute approximate surface area is 192 Å². The zero-order chi connectivity index (χ0) is 24.0. The molecule has 9 heteroatoms. The Morgan fingerprint density at radius 2 is 1.70 bits per heavy atom. The summed E-state index contributed by atoms with van der Waals surface area (Å²) in [5, 5.41) is 2.30. The van der Waals surface area contributed by atoms with E-state index >= 15 is 0 Å². The van der Waals surface area contributed by atoms with Gasteiger partial charge in [0.1, 0.15) is 0 Å². The summed E-state index contributed by atoms with van der Waals surface area (Å²) in [5.41, 5.74) is 1.27. The smallest absolute Gasteiger partial charge is 0.339 e. The van der Waals surface area contributed by atoms with Gasteiger partial charge < -0.3 is 10.2 Å². The van der Waals surface area contributed by atoms with E-state index in [0.29, 0.717) is 13.1 Å². The van der Waals surface area contributed by atoms with Crippen molar-refractivity contribution in [2.75, 3.05) is 51.6 Å². The minimum Gasteiger partial charge on any atom is -0.339 e. The lowest BCUT2D eigenvalue weighted by Crippen LogP contribution is -2.51. The van der Waals surface area contributed by atoms with Crippen LogP contribution in [0.4, 0.5) is 18.9 Å². The molecule has 1 saturated heterocycles. The van der Waals surface area contributed by atoms with E-state index in [0.717, 1.165) is 25.7 Å². The van der Waals surface area contributed by atoms with E-state index < -0.39 is 17.6 Å². The molecule has 1 aliphatic rings. The van der Waals surface area contributed by atoms with Gasteiger partial charge in [-0.05, 0) is 31.7 Å². The fourth-order valence-corrected chi connectivity index (χ4v) is 3.89. The molecular formula is C24H29F3N4O2. The molecule has 0 saturated carbocycles. The van der Waals surface area contributed by atoms with Crippen LogP contribution in [0, 0.1) is 6.92 Å². The van der Waals surface area contributed by atoms with Crippen LogP contribution in [0.2, 0.25) is 0 Å². The van der Waals surface area contributed by atoms with E-state index in [9.17, 15) is 22.8 Å². The van der Waals surface area contributed by atoms with Crippen molar-refractivity contribution >= 4 is 17.5 Å². The van der Waals surface area contributed by atoms with Crippen molar-refractivity contribution in [1.29, 1.82) is 0 Å². The Kier molecular flexibility index (Phi) is 8.10. The normalized spacial score (nSPS) is 15.0. The number of halogens is 3. The summed E-state index contributed by atoms with van der Waals surface area (Å²) in [6, 6.07) is 13.2. The molecule has 3 rings (SSSR count). The van der Waals surface area contributed by atoms with Crippen LogP contribution in [-0.2, 0) is 22.3 Å². The molecular weight excluding hydrogens is 433 g/mol. The van der Waals surface area contributed by atoms with Gasteiger partial charge in [0, 0.05) is 32.7 Å². The number of alkyl halides is 3. The highest BCUT2D eigenvalue weighted by Crippen LogP contribution is 2.34. The van der Waals surface area contributed by atoms with Crippen molar-refractivity contribution in [3.63, 3.8) is 0 Å². The molecule has 0 atom stereocenters. The highest BCUT2D eigenvalue weighted by Gasteiger charge is 2.33. The molecule has 1 N–H and O–H groups in total. The van der Waals surface area contributed by atoms with Crippen molar-refractivity contribution in [2.45, 2.75) is 19.6 Å². The number of carbonyl (C=O) groups excluding carboxylic acids is 2. The fraction of sp³-hybridized carbons (Fsp3) is 0.417. The van der Waals surface area contributed by atoms with Crippen LogP contribution < -0.4 is 5.32 Å². The van der Waals surface area contributed by atoms with Crippen LogP contribution in [0.15, 0.2) is 48.5 Å². The lowest BCUT2D eigenvalue weighted by molar-refractivity contribution is -0.137. The second-order valence-corrected chi connectivity index (χ2v) is 8.41. The predicted octanol–water partition coefficient (Wildman–Crippen LogP) is 3.23. The van der Waals surface area contributed by atoms with E-state index in [1.54, 1.807) is 11.9 Å². The predicted molar refractivity (Wildman–Crippen MR) is 121 cm³/mol. The highest BCUT2D eigenvalue weighted by molar-refractivity contribution is 5.93. The van der Waals surface area contributed by atoms with Gasteiger partial charge in [0.05, 0.1) is 24.3 Å². The van der Waals surface area contributed by atoms with Crippen molar-refractivity contribution in [3.05, 3.63) is 65.2 Å². The summed E-state index contributed by atoms with van der Waals surface area (Å²) in [6.07, 6.45) is -4.56. The molecule has 6 nitrogen and oxygen atoms in total. The number of piperazine rings is 1. The van der Waals surface area contributed by atoms with E-state index in [4.69, 9.17) is 0 Å². The first-order chi connectivity index (χ1) is 15.6. The Bertz CT molecular complexity index is 972. The van der Waals surface area contributed by atoms with Crippen molar-refractivity contribution in [1.82, 2.24) is 14.7 Å². The van der Waals surface area contributed by atoms with Crippen LogP contribution in [0.3, 0.4) is 0 Å². The van der Waals surface area contributed by atoms with Crippen molar-refractivity contribution < 1.29 is 22.8 Å². The number of aryl methyl sites for hydroxylation is 1. The van der Waals surface area contributed by atoms with Gasteiger partial charge in [-0.2, -0.15) is 13.2 Å². The second-order valence-electron chi connectivity index (χ2n) is 8.41. The lowest BCUT2D eigenvalue weighted by Gasteiger charge is -2.35. The largest absolute Gasteiger partial charge is 0.418 e. The van der Waals surface area contributed by atoms with Gasteiger partial charge in [-0.25, -0.2) is 0 Å². The van der Waals surface area contributed by atoms with Crippen LogP contribution >= 0.6 is 0 Å². The average Bonchev–Trinajstić information content (AvgIpc) is 2.73. The Morgan fingerprint density at radius 3 is 2.36 bits per heavy atom. The van der Waals surface area contributed by atoms with Gasteiger partial charge in [-0.3, -0.25) is 19.4 Å². The third-order valence-corrected chi connectivity index (χ3v) is 5.54. The van der Waals surface area contributed by atoms with Crippen LogP contribution in [0.25, 0.3) is 0 Å².